The lowest BCUT2D eigenvalue weighted by atomic mass is 9.78. The normalized spacial score (nSPS) is 16.9. The molecule has 3 nitrogen and oxygen atoms in total. The number of amides is 1. The van der Waals surface area contributed by atoms with Gasteiger partial charge in [-0.05, 0) is 72.2 Å². The Balaban J connectivity index is 1.98. The summed E-state index contributed by atoms with van der Waals surface area (Å²) < 4.78 is 6.42. The van der Waals surface area contributed by atoms with Gasteiger partial charge in [0.15, 0.2) is 0 Å². The van der Waals surface area contributed by atoms with Crippen molar-refractivity contribution in [1.82, 2.24) is 0 Å². The summed E-state index contributed by atoms with van der Waals surface area (Å²) in [6.45, 7) is 0. The van der Waals surface area contributed by atoms with E-state index in [0.29, 0.717) is 11.5 Å². The minimum Gasteiger partial charge on any atom is -0.497 e. The number of methoxy groups -OCH3 is 1. The second-order valence-electron chi connectivity index (χ2n) is 5.67. The van der Waals surface area contributed by atoms with Crippen molar-refractivity contribution in [3.8, 4) is 5.75 Å². The van der Waals surface area contributed by atoms with Crippen molar-refractivity contribution in [2.24, 2.45) is 5.73 Å². The maximum Gasteiger partial charge on any atom is 0.248 e. The lowest BCUT2D eigenvalue weighted by molar-refractivity contribution is 0.0999. The molecule has 114 valence electrons. The minimum absolute atomic E-state index is 0.297. The number of aryl methyl sites for hydroxylation is 1. The molecule has 0 saturated carbocycles. The number of primary amides is 1. The third kappa shape index (κ3) is 2.88. The van der Waals surface area contributed by atoms with Crippen molar-refractivity contribution >= 4 is 21.8 Å². The molecular formula is C18H18BrNO2. The molecule has 4 heteroatoms. The summed E-state index contributed by atoms with van der Waals surface area (Å²) in [5.41, 5.74) is 9.87. The summed E-state index contributed by atoms with van der Waals surface area (Å²) in [5.74, 6) is 0.687. The van der Waals surface area contributed by atoms with Crippen LogP contribution in [0.25, 0.3) is 0 Å². The summed E-state index contributed by atoms with van der Waals surface area (Å²) in [4.78, 5) is 11.7. The Hall–Kier alpha value is -1.81. The molecule has 0 saturated heterocycles. The molecule has 0 radical (unpaired) electrons. The van der Waals surface area contributed by atoms with Crippen molar-refractivity contribution in [3.05, 3.63) is 63.1 Å². The summed E-state index contributed by atoms with van der Waals surface area (Å²) >= 11 is 3.52. The number of carbonyl (C=O) groups excluding carboxylic acids is 1. The number of ether oxygens (including phenoxy) is 1. The van der Waals surface area contributed by atoms with E-state index < -0.39 is 0 Å². The van der Waals surface area contributed by atoms with E-state index in [1.54, 1.807) is 19.2 Å². The van der Waals surface area contributed by atoms with Gasteiger partial charge in [-0.3, -0.25) is 4.79 Å². The molecule has 0 fully saturated rings. The smallest absolute Gasteiger partial charge is 0.248 e. The molecule has 0 spiro atoms. The van der Waals surface area contributed by atoms with E-state index in [4.69, 9.17) is 10.5 Å². The molecule has 1 amide bonds. The summed E-state index contributed by atoms with van der Waals surface area (Å²) in [6.07, 6.45) is 2.95. The first-order valence-corrected chi connectivity index (χ1v) is 8.13. The Bertz CT molecular complexity index is 727. The molecule has 2 aromatic carbocycles. The number of benzene rings is 2. The molecule has 2 N–H and O–H groups in total. The molecule has 1 aliphatic rings. The zero-order chi connectivity index (χ0) is 15.7. The number of hydrogen-bond donors (Lipinski definition) is 1. The van der Waals surface area contributed by atoms with Gasteiger partial charge in [0, 0.05) is 10.0 Å². The Kier molecular flexibility index (Phi) is 4.21. The van der Waals surface area contributed by atoms with Crippen LogP contribution in [-0.2, 0) is 12.8 Å². The second-order valence-corrected chi connectivity index (χ2v) is 6.59. The highest BCUT2D eigenvalue weighted by Gasteiger charge is 2.24. The van der Waals surface area contributed by atoms with Gasteiger partial charge < -0.3 is 10.5 Å². The average Bonchev–Trinajstić information content (AvgIpc) is 2.53. The Labute approximate surface area is 138 Å². The fraction of sp³-hybridized carbons (Fsp3) is 0.278. The second kappa shape index (κ2) is 6.13. The van der Waals surface area contributed by atoms with Gasteiger partial charge in [-0.2, -0.15) is 0 Å². The minimum atomic E-state index is -0.376. The highest BCUT2D eigenvalue weighted by Crippen LogP contribution is 2.36. The number of rotatable bonds is 3. The van der Waals surface area contributed by atoms with Crippen LogP contribution >= 0.6 is 15.9 Å². The van der Waals surface area contributed by atoms with Gasteiger partial charge in [-0.15, -0.1) is 0 Å². The molecule has 0 aromatic heterocycles. The van der Waals surface area contributed by atoms with E-state index in [-0.39, 0.29) is 5.91 Å². The number of nitrogens with two attached hydrogens (primary N) is 1. The molecule has 3 rings (SSSR count). The van der Waals surface area contributed by atoms with Gasteiger partial charge in [0.05, 0.1) is 7.11 Å². The van der Waals surface area contributed by atoms with Crippen LogP contribution in [0.15, 0.2) is 40.9 Å². The highest BCUT2D eigenvalue weighted by molar-refractivity contribution is 9.10. The maximum absolute atomic E-state index is 11.7. The lowest BCUT2D eigenvalue weighted by Gasteiger charge is -2.26. The van der Waals surface area contributed by atoms with Crippen LogP contribution in [0, 0.1) is 0 Å². The third-order valence-corrected chi connectivity index (χ3v) is 4.85. The van der Waals surface area contributed by atoms with Gasteiger partial charge in [0.25, 0.3) is 0 Å². The molecule has 0 heterocycles. The number of halogens is 1. The summed E-state index contributed by atoms with van der Waals surface area (Å²) in [5, 5.41) is 0. The van der Waals surface area contributed by atoms with Crippen molar-refractivity contribution in [2.45, 2.75) is 25.2 Å². The molecule has 1 atom stereocenters. The predicted molar refractivity (Wildman–Crippen MR) is 90.4 cm³/mol. The van der Waals surface area contributed by atoms with Crippen molar-refractivity contribution in [1.29, 1.82) is 0 Å². The van der Waals surface area contributed by atoms with Gasteiger partial charge in [-0.1, -0.05) is 22.0 Å². The summed E-state index contributed by atoms with van der Waals surface area (Å²) in [6, 6.07) is 11.9. The van der Waals surface area contributed by atoms with E-state index >= 15 is 0 Å². The van der Waals surface area contributed by atoms with E-state index in [0.717, 1.165) is 35.0 Å². The highest BCUT2D eigenvalue weighted by atomic mass is 79.9. The molecule has 22 heavy (non-hydrogen) atoms. The largest absolute Gasteiger partial charge is 0.497 e. The molecule has 1 aliphatic carbocycles. The maximum atomic E-state index is 11.7. The summed E-state index contributed by atoms with van der Waals surface area (Å²) in [7, 11) is 1.64. The van der Waals surface area contributed by atoms with Crippen LogP contribution in [0.4, 0.5) is 0 Å². The molecule has 0 unspecified atom stereocenters. The van der Waals surface area contributed by atoms with E-state index in [1.165, 1.54) is 11.1 Å². The van der Waals surface area contributed by atoms with E-state index in [9.17, 15) is 4.79 Å². The van der Waals surface area contributed by atoms with Gasteiger partial charge in [-0.25, -0.2) is 0 Å². The fourth-order valence-electron chi connectivity index (χ4n) is 3.22. The molecular weight excluding hydrogens is 342 g/mol. The number of hydrogen-bond acceptors (Lipinski definition) is 2. The first-order valence-electron chi connectivity index (χ1n) is 7.33. The first kappa shape index (κ1) is 15.1. The Morgan fingerprint density at radius 2 is 2.05 bits per heavy atom. The number of fused-ring (bicyclic) bond motifs is 1. The van der Waals surface area contributed by atoms with Crippen LogP contribution in [0.3, 0.4) is 0 Å². The van der Waals surface area contributed by atoms with Crippen molar-refractivity contribution in [2.75, 3.05) is 7.11 Å². The van der Waals surface area contributed by atoms with Crippen molar-refractivity contribution < 1.29 is 9.53 Å². The SMILES string of the molecule is COc1ccc(C(N)=O)c([C@H]2CCc3cc(Br)ccc3C2)c1. The van der Waals surface area contributed by atoms with Gasteiger partial charge >= 0.3 is 0 Å². The number of carbonyl (C=O) groups is 1. The zero-order valence-corrected chi connectivity index (χ0v) is 14.0. The van der Waals surface area contributed by atoms with E-state index in [1.807, 2.05) is 6.07 Å². The van der Waals surface area contributed by atoms with E-state index in [2.05, 4.69) is 34.1 Å². The monoisotopic (exact) mass is 359 g/mol. The van der Waals surface area contributed by atoms with Crippen LogP contribution in [0.1, 0.15) is 39.4 Å². The topological polar surface area (TPSA) is 52.3 Å². The quantitative estimate of drug-likeness (QED) is 0.905. The Morgan fingerprint density at radius 3 is 2.77 bits per heavy atom. The standard InChI is InChI=1S/C18H18BrNO2/c1-22-15-6-7-16(18(20)21)17(10-15)13-3-2-12-9-14(19)5-4-11(12)8-13/h4-7,9-10,13H,2-3,8H2,1H3,(H2,20,21)/t13-/m0/s1. The van der Waals surface area contributed by atoms with Crippen LogP contribution in [0.2, 0.25) is 0 Å². The van der Waals surface area contributed by atoms with Crippen molar-refractivity contribution in [3.63, 3.8) is 0 Å². The lowest BCUT2D eigenvalue weighted by Crippen LogP contribution is -2.19. The predicted octanol–water partition coefficient (Wildman–Crippen LogP) is 3.83. The molecule has 0 aliphatic heterocycles. The third-order valence-electron chi connectivity index (χ3n) is 4.36. The molecule has 0 bridgehead atoms. The Morgan fingerprint density at radius 1 is 1.23 bits per heavy atom. The van der Waals surface area contributed by atoms with Crippen LogP contribution < -0.4 is 10.5 Å². The molecule has 2 aromatic rings. The van der Waals surface area contributed by atoms with Crippen LogP contribution in [-0.4, -0.2) is 13.0 Å². The first-order chi connectivity index (χ1) is 10.6. The fourth-order valence-corrected chi connectivity index (χ4v) is 3.63. The van der Waals surface area contributed by atoms with Gasteiger partial charge in [0.1, 0.15) is 5.75 Å². The average molecular weight is 360 g/mol. The zero-order valence-electron chi connectivity index (χ0n) is 12.4. The van der Waals surface area contributed by atoms with Gasteiger partial charge in [0.2, 0.25) is 5.91 Å². The van der Waals surface area contributed by atoms with Crippen LogP contribution in [0.5, 0.6) is 5.75 Å².